The van der Waals surface area contributed by atoms with E-state index in [0.717, 1.165) is 5.56 Å². The van der Waals surface area contributed by atoms with Crippen LogP contribution in [0.3, 0.4) is 0 Å². The van der Waals surface area contributed by atoms with Crippen LogP contribution in [0, 0.1) is 5.92 Å². The number of anilines is 1. The number of hydrogen-bond donors (Lipinski definition) is 1. The highest BCUT2D eigenvalue weighted by molar-refractivity contribution is 7.08. The summed E-state index contributed by atoms with van der Waals surface area (Å²) in [6, 6.07) is 5.58. The predicted molar refractivity (Wildman–Crippen MR) is 111 cm³/mol. The van der Waals surface area contributed by atoms with Gasteiger partial charge in [0.25, 0.3) is 0 Å². The molecule has 4 rings (SSSR count). The molecule has 0 radical (unpaired) electrons. The molecule has 8 heteroatoms. The molecule has 1 fully saturated rings. The predicted octanol–water partition coefficient (Wildman–Crippen LogP) is 4.72. The van der Waals surface area contributed by atoms with E-state index in [0.29, 0.717) is 42.3 Å². The zero-order valence-corrected chi connectivity index (χ0v) is 17.0. The van der Waals surface area contributed by atoms with E-state index in [1.54, 1.807) is 17.5 Å². The largest absolute Gasteiger partial charge is 0.489 e. The van der Waals surface area contributed by atoms with Gasteiger partial charge in [-0.1, -0.05) is 19.3 Å². The molecule has 3 aromatic heterocycles. The molecule has 29 heavy (non-hydrogen) atoms. The van der Waals surface area contributed by atoms with Crippen molar-refractivity contribution in [3.63, 3.8) is 0 Å². The molecule has 0 aliphatic heterocycles. The fourth-order valence-corrected chi connectivity index (χ4v) is 4.06. The van der Waals surface area contributed by atoms with Crippen LogP contribution in [-0.4, -0.2) is 27.7 Å². The van der Waals surface area contributed by atoms with Crippen molar-refractivity contribution in [1.82, 2.24) is 15.2 Å². The molecule has 152 valence electrons. The second-order valence-electron chi connectivity index (χ2n) is 7.23. The summed E-state index contributed by atoms with van der Waals surface area (Å²) in [4.78, 5) is 16.7. The van der Waals surface area contributed by atoms with Gasteiger partial charge in [-0.25, -0.2) is 4.98 Å². The second-order valence-corrected chi connectivity index (χ2v) is 8.01. The average Bonchev–Trinajstić information content (AvgIpc) is 3.44. The van der Waals surface area contributed by atoms with Gasteiger partial charge < -0.3 is 14.5 Å². The van der Waals surface area contributed by atoms with Crippen LogP contribution in [0.15, 0.2) is 39.6 Å². The Hall–Kier alpha value is -2.74. The molecule has 0 spiro atoms. The summed E-state index contributed by atoms with van der Waals surface area (Å²) in [6.45, 7) is 0.669. The van der Waals surface area contributed by atoms with Crippen molar-refractivity contribution in [2.45, 2.75) is 44.9 Å². The van der Waals surface area contributed by atoms with Crippen LogP contribution in [0.4, 0.5) is 5.82 Å². The molecule has 1 amide bonds. The van der Waals surface area contributed by atoms with Crippen LogP contribution in [0.2, 0.25) is 0 Å². The Bertz CT molecular complexity index is 920. The number of amides is 1. The van der Waals surface area contributed by atoms with Crippen LogP contribution in [0.25, 0.3) is 11.5 Å². The second kappa shape index (κ2) is 9.65. The van der Waals surface area contributed by atoms with Gasteiger partial charge in [-0.05, 0) is 42.3 Å². The van der Waals surface area contributed by atoms with E-state index in [1.807, 2.05) is 29.0 Å². The molecule has 1 N–H and O–H groups in total. The van der Waals surface area contributed by atoms with Crippen molar-refractivity contribution in [2.75, 3.05) is 11.9 Å². The third kappa shape index (κ3) is 5.41. The SMILES string of the molecule is O=C(CCc1nnc(-c2ccsc2)o1)Nc1ncccc1OCC1CCCCC1. The Morgan fingerprint density at radius 1 is 1.24 bits per heavy atom. The van der Waals surface area contributed by atoms with Gasteiger partial charge in [-0.2, -0.15) is 11.3 Å². The summed E-state index contributed by atoms with van der Waals surface area (Å²) in [7, 11) is 0. The van der Waals surface area contributed by atoms with Gasteiger partial charge in [0.2, 0.25) is 17.7 Å². The lowest BCUT2D eigenvalue weighted by Crippen LogP contribution is -2.18. The Morgan fingerprint density at radius 3 is 2.97 bits per heavy atom. The normalized spacial score (nSPS) is 14.6. The van der Waals surface area contributed by atoms with Gasteiger partial charge in [0, 0.05) is 30.0 Å². The molecule has 1 saturated carbocycles. The fraction of sp³-hybridized carbons (Fsp3) is 0.429. The minimum absolute atomic E-state index is 0.165. The molecule has 0 aromatic carbocycles. The maximum Gasteiger partial charge on any atom is 0.248 e. The number of ether oxygens (including phenoxy) is 1. The first kappa shape index (κ1) is 19.6. The summed E-state index contributed by atoms with van der Waals surface area (Å²) < 4.78 is 11.6. The van der Waals surface area contributed by atoms with Gasteiger partial charge in [-0.3, -0.25) is 4.79 Å². The molecule has 0 bridgehead atoms. The van der Waals surface area contributed by atoms with E-state index in [4.69, 9.17) is 9.15 Å². The first-order chi connectivity index (χ1) is 14.3. The minimum atomic E-state index is -0.165. The lowest BCUT2D eigenvalue weighted by atomic mass is 9.90. The van der Waals surface area contributed by atoms with Crippen molar-refractivity contribution < 1.29 is 13.9 Å². The number of pyridine rings is 1. The van der Waals surface area contributed by atoms with Gasteiger partial charge in [0.15, 0.2) is 11.6 Å². The molecule has 0 saturated heterocycles. The van der Waals surface area contributed by atoms with Crippen LogP contribution < -0.4 is 10.1 Å². The van der Waals surface area contributed by atoms with Crippen LogP contribution >= 0.6 is 11.3 Å². The highest BCUT2D eigenvalue weighted by atomic mass is 32.1. The van der Waals surface area contributed by atoms with Crippen LogP contribution in [-0.2, 0) is 11.2 Å². The summed E-state index contributed by atoms with van der Waals surface area (Å²) in [6.07, 6.45) is 8.52. The molecule has 3 heterocycles. The number of carbonyl (C=O) groups is 1. The maximum atomic E-state index is 12.4. The van der Waals surface area contributed by atoms with E-state index in [-0.39, 0.29) is 12.3 Å². The van der Waals surface area contributed by atoms with E-state index < -0.39 is 0 Å². The first-order valence-electron chi connectivity index (χ1n) is 10.0. The first-order valence-corrected chi connectivity index (χ1v) is 10.9. The third-order valence-corrected chi connectivity index (χ3v) is 5.71. The Morgan fingerprint density at radius 2 is 2.14 bits per heavy atom. The number of aryl methyl sites for hydroxylation is 1. The smallest absolute Gasteiger partial charge is 0.248 e. The molecular weight excluding hydrogens is 388 g/mol. The highest BCUT2D eigenvalue weighted by Gasteiger charge is 2.16. The number of nitrogens with zero attached hydrogens (tertiary/aromatic N) is 3. The van der Waals surface area contributed by atoms with Crippen LogP contribution in [0.5, 0.6) is 5.75 Å². The number of rotatable bonds is 8. The van der Waals surface area contributed by atoms with Crippen LogP contribution in [0.1, 0.15) is 44.4 Å². The third-order valence-electron chi connectivity index (χ3n) is 5.03. The van der Waals surface area contributed by atoms with E-state index >= 15 is 0 Å². The zero-order chi connectivity index (χ0) is 19.9. The Labute approximate surface area is 173 Å². The molecule has 3 aromatic rings. The molecule has 0 atom stereocenters. The number of aromatic nitrogens is 3. The standard InChI is InChI=1S/C21H24N4O3S/c26-18(8-9-19-24-25-21(28-19)16-10-12-29-14-16)23-20-17(7-4-11-22-20)27-13-15-5-2-1-3-6-15/h4,7,10-12,14-15H,1-3,5-6,8-9,13H2,(H,22,23,26). The maximum absolute atomic E-state index is 12.4. The van der Waals surface area contributed by atoms with Gasteiger partial charge >= 0.3 is 0 Å². The molecular formula is C21H24N4O3S. The topological polar surface area (TPSA) is 90.1 Å². The average molecular weight is 413 g/mol. The zero-order valence-electron chi connectivity index (χ0n) is 16.2. The lowest BCUT2D eigenvalue weighted by molar-refractivity contribution is -0.116. The van der Waals surface area contributed by atoms with Gasteiger partial charge in [0.1, 0.15) is 0 Å². The molecule has 0 unspecified atom stereocenters. The van der Waals surface area contributed by atoms with Crippen molar-refractivity contribution >= 4 is 23.1 Å². The Balaban J connectivity index is 1.29. The fourth-order valence-electron chi connectivity index (χ4n) is 3.43. The molecule has 7 nitrogen and oxygen atoms in total. The highest BCUT2D eigenvalue weighted by Crippen LogP contribution is 2.27. The summed E-state index contributed by atoms with van der Waals surface area (Å²) >= 11 is 1.57. The molecule has 1 aliphatic carbocycles. The van der Waals surface area contributed by atoms with E-state index in [9.17, 15) is 4.79 Å². The number of thiophene rings is 1. The summed E-state index contributed by atoms with van der Waals surface area (Å²) in [5, 5.41) is 14.8. The monoisotopic (exact) mass is 412 g/mol. The van der Waals surface area contributed by atoms with Crippen molar-refractivity contribution in [2.24, 2.45) is 5.92 Å². The quantitative estimate of drug-likeness (QED) is 0.575. The molecule has 1 aliphatic rings. The summed E-state index contributed by atoms with van der Waals surface area (Å²) in [5.74, 6) is 2.41. The van der Waals surface area contributed by atoms with E-state index in [1.165, 1.54) is 32.1 Å². The number of hydrogen-bond acceptors (Lipinski definition) is 7. The van der Waals surface area contributed by atoms with E-state index in [2.05, 4.69) is 20.5 Å². The number of carbonyl (C=O) groups excluding carboxylic acids is 1. The van der Waals surface area contributed by atoms with Crippen molar-refractivity contribution in [3.05, 3.63) is 41.0 Å². The number of nitrogens with one attached hydrogen (secondary N) is 1. The Kier molecular flexibility index (Phi) is 6.51. The van der Waals surface area contributed by atoms with Gasteiger partial charge in [-0.15, -0.1) is 10.2 Å². The minimum Gasteiger partial charge on any atom is -0.489 e. The van der Waals surface area contributed by atoms with Crippen molar-refractivity contribution in [3.8, 4) is 17.2 Å². The van der Waals surface area contributed by atoms with Crippen molar-refractivity contribution in [1.29, 1.82) is 0 Å². The lowest BCUT2D eigenvalue weighted by Gasteiger charge is -2.22. The summed E-state index contributed by atoms with van der Waals surface area (Å²) in [5.41, 5.74) is 0.895. The van der Waals surface area contributed by atoms with Gasteiger partial charge in [0.05, 0.1) is 6.61 Å².